The molecule has 0 radical (unpaired) electrons. The highest BCUT2D eigenvalue weighted by Crippen LogP contribution is 2.21. The second kappa shape index (κ2) is 6.67. The van der Waals surface area contributed by atoms with Crippen LogP contribution in [-0.4, -0.2) is 28.5 Å². The van der Waals surface area contributed by atoms with Gasteiger partial charge in [-0.05, 0) is 12.1 Å². The van der Waals surface area contributed by atoms with Crippen molar-refractivity contribution in [2.45, 2.75) is 12.7 Å². The number of hydrogen-bond acceptors (Lipinski definition) is 5. The van der Waals surface area contributed by atoms with Crippen LogP contribution in [0, 0.1) is 0 Å². The summed E-state index contributed by atoms with van der Waals surface area (Å²) in [5.74, 6) is -1.05. The summed E-state index contributed by atoms with van der Waals surface area (Å²) < 4.78 is 43.6. The first-order valence-corrected chi connectivity index (χ1v) is 7.99. The van der Waals surface area contributed by atoms with Gasteiger partial charge < -0.3 is 9.32 Å². The molecule has 5 nitrogen and oxygen atoms in total. The van der Waals surface area contributed by atoms with Gasteiger partial charge in [-0.15, -0.1) is 11.3 Å². The predicted molar refractivity (Wildman–Crippen MR) is 85.4 cm³/mol. The highest BCUT2D eigenvalue weighted by Gasteiger charge is 2.34. The molecule has 0 saturated carbocycles. The van der Waals surface area contributed by atoms with Gasteiger partial charge in [0.15, 0.2) is 0 Å². The van der Waals surface area contributed by atoms with E-state index in [4.69, 9.17) is 4.42 Å². The zero-order valence-corrected chi connectivity index (χ0v) is 13.4. The van der Waals surface area contributed by atoms with Gasteiger partial charge in [-0.1, -0.05) is 18.2 Å². The second-order valence-corrected chi connectivity index (χ2v) is 6.17. The predicted octanol–water partition coefficient (Wildman–Crippen LogP) is 3.45. The van der Waals surface area contributed by atoms with Gasteiger partial charge in [-0.2, -0.15) is 13.2 Å². The van der Waals surface area contributed by atoms with Crippen molar-refractivity contribution in [3.63, 3.8) is 0 Å². The van der Waals surface area contributed by atoms with E-state index < -0.39 is 29.8 Å². The van der Waals surface area contributed by atoms with Crippen LogP contribution in [0.25, 0.3) is 11.0 Å². The Kier molecular flexibility index (Phi) is 4.58. The summed E-state index contributed by atoms with van der Waals surface area (Å²) in [7, 11) is 0. The Morgan fingerprint density at radius 1 is 1.28 bits per heavy atom. The molecule has 130 valence electrons. The number of thiazole rings is 1. The largest absolute Gasteiger partial charge is 0.422 e. The fourth-order valence-corrected chi connectivity index (χ4v) is 2.92. The van der Waals surface area contributed by atoms with Crippen molar-refractivity contribution in [2.75, 3.05) is 6.54 Å². The molecular weight excluding hydrogens is 357 g/mol. The molecule has 1 amide bonds. The highest BCUT2D eigenvalue weighted by atomic mass is 32.1. The number of halogens is 3. The number of hydrogen-bond donors (Lipinski definition) is 0. The maximum Gasteiger partial charge on any atom is 0.406 e. The maximum atomic E-state index is 12.9. The summed E-state index contributed by atoms with van der Waals surface area (Å²) in [5, 5.41) is 2.38. The number of amides is 1. The zero-order valence-electron chi connectivity index (χ0n) is 12.6. The van der Waals surface area contributed by atoms with Crippen molar-refractivity contribution in [1.29, 1.82) is 0 Å². The van der Waals surface area contributed by atoms with Gasteiger partial charge in [-0.3, -0.25) is 4.79 Å². The number of fused-ring (bicyclic) bond motifs is 1. The topological polar surface area (TPSA) is 63.4 Å². The fourth-order valence-electron chi connectivity index (χ4n) is 2.29. The van der Waals surface area contributed by atoms with Crippen LogP contribution in [0.1, 0.15) is 15.4 Å². The van der Waals surface area contributed by atoms with E-state index in [1.807, 2.05) is 0 Å². The minimum absolute atomic E-state index is 0.256. The minimum Gasteiger partial charge on any atom is -0.422 e. The van der Waals surface area contributed by atoms with Crippen molar-refractivity contribution >= 4 is 28.2 Å². The lowest BCUT2D eigenvalue weighted by atomic mass is 10.1. The number of benzene rings is 1. The zero-order chi connectivity index (χ0) is 18.0. The van der Waals surface area contributed by atoms with Gasteiger partial charge in [-0.25, -0.2) is 9.78 Å². The van der Waals surface area contributed by atoms with E-state index in [2.05, 4.69) is 4.98 Å². The molecule has 0 saturated heterocycles. The normalized spacial score (nSPS) is 11.6. The molecular formula is C16H11F3N2O3S. The lowest BCUT2D eigenvalue weighted by Crippen LogP contribution is -2.40. The number of carbonyl (C=O) groups is 1. The SMILES string of the molecule is O=C(c1cc2ccccc2oc1=O)N(Cc1nccs1)CC(F)(F)F. The van der Waals surface area contributed by atoms with Crippen LogP contribution in [-0.2, 0) is 6.54 Å². The molecule has 3 rings (SSSR count). The monoisotopic (exact) mass is 368 g/mol. The lowest BCUT2D eigenvalue weighted by Gasteiger charge is -2.22. The Balaban J connectivity index is 1.99. The van der Waals surface area contributed by atoms with Gasteiger partial charge in [0.05, 0.1) is 6.54 Å². The average molecular weight is 368 g/mol. The molecule has 0 spiro atoms. The van der Waals surface area contributed by atoms with Gasteiger partial charge in [0.2, 0.25) is 0 Å². The summed E-state index contributed by atoms with van der Waals surface area (Å²) in [6, 6.07) is 7.69. The molecule has 1 aromatic carbocycles. The van der Waals surface area contributed by atoms with Crippen LogP contribution in [0.4, 0.5) is 13.2 Å². The molecule has 2 heterocycles. The van der Waals surface area contributed by atoms with Crippen LogP contribution in [0.3, 0.4) is 0 Å². The van der Waals surface area contributed by atoms with Crippen molar-refractivity contribution in [3.05, 3.63) is 62.9 Å². The van der Waals surface area contributed by atoms with E-state index in [1.165, 1.54) is 18.3 Å². The van der Waals surface area contributed by atoms with Crippen molar-refractivity contribution in [3.8, 4) is 0 Å². The highest BCUT2D eigenvalue weighted by molar-refractivity contribution is 7.09. The van der Waals surface area contributed by atoms with Gasteiger partial charge >= 0.3 is 11.8 Å². The number of alkyl halides is 3. The Bertz CT molecular complexity index is 951. The van der Waals surface area contributed by atoms with Crippen LogP contribution >= 0.6 is 11.3 Å². The third-order valence-electron chi connectivity index (χ3n) is 3.34. The standard InChI is InChI=1S/C16H11F3N2O3S/c17-16(18,19)9-21(8-13-20-5-6-25-13)14(22)11-7-10-3-1-2-4-12(10)24-15(11)23/h1-7H,8-9H2. The van der Waals surface area contributed by atoms with Crippen LogP contribution in [0.2, 0.25) is 0 Å². The number of para-hydroxylation sites is 1. The smallest absolute Gasteiger partial charge is 0.406 e. The quantitative estimate of drug-likeness (QED) is 0.662. The summed E-state index contributed by atoms with van der Waals surface area (Å²) in [4.78, 5) is 29.0. The fraction of sp³-hybridized carbons (Fsp3) is 0.188. The molecule has 3 aromatic rings. The third kappa shape index (κ3) is 4.05. The number of carbonyl (C=O) groups excluding carboxylic acids is 1. The molecule has 0 fully saturated rings. The molecule has 9 heteroatoms. The van der Waals surface area contributed by atoms with Crippen LogP contribution in [0.15, 0.2) is 51.1 Å². The first-order valence-electron chi connectivity index (χ1n) is 7.11. The number of aromatic nitrogens is 1. The summed E-state index contributed by atoms with van der Waals surface area (Å²) in [6.45, 7) is -1.83. The van der Waals surface area contributed by atoms with Crippen molar-refractivity contribution < 1.29 is 22.4 Å². The van der Waals surface area contributed by atoms with E-state index in [9.17, 15) is 22.8 Å². The Hall–Kier alpha value is -2.68. The second-order valence-electron chi connectivity index (χ2n) is 5.19. The molecule has 0 bridgehead atoms. The number of rotatable bonds is 4. The first-order chi connectivity index (χ1) is 11.8. The molecule has 0 aliphatic heterocycles. The summed E-state index contributed by atoms with van der Waals surface area (Å²) >= 11 is 1.12. The van der Waals surface area contributed by atoms with Crippen molar-refractivity contribution in [1.82, 2.24) is 9.88 Å². The van der Waals surface area contributed by atoms with Gasteiger partial charge in [0.25, 0.3) is 5.91 Å². The van der Waals surface area contributed by atoms with Gasteiger partial charge in [0, 0.05) is 17.0 Å². The minimum atomic E-state index is -4.61. The molecule has 0 unspecified atom stereocenters. The molecule has 0 N–H and O–H groups in total. The lowest BCUT2D eigenvalue weighted by molar-refractivity contribution is -0.141. The van der Waals surface area contributed by atoms with E-state index in [-0.39, 0.29) is 12.1 Å². The number of nitrogens with zero attached hydrogens (tertiary/aromatic N) is 2. The Labute approximate surface area is 143 Å². The molecule has 2 aromatic heterocycles. The van der Waals surface area contributed by atoms with E-state index in [0.717, 1.165) is 11.3 Å². The van der Waals surface area contributed by atoms with Crippen LogP contribution < -0.4 is 5.63 Å². The summed E-state index contributed by atoms with van der Waals surface area (Å²) in [6.07, 6.45) is -3.18. The van der Waals surface area contributed by atoms with Crippen molar-refractivity contribution in [2.24, 2.45) is 0 Å². The Morgan fingerprint density at radius 2 is 2.04 bits per heavy atom. The van der Waals surface area contributed by atoms with E-state index >= 15 is 0 Å². The molecule has 0 aliphatic carbocycles. The maximum absolute atomic E-state index is 12.9. The Morgan fingerprint density at radius 3 is 2.72 bits per heavy atom. The van der Waals surface area contributed by atoms with E-state index in [1.54, 1.807) is 23.6 Å². The average Bonchev–Trinajstić information content (AvgIpc) is 3.04. The summed E-state index contributed by atoms with van der Waals surface area (Å²) in [5.41, 5.74) is -1.17. The van der Waals surface area contributed by atoms with Gasteiger partial charge in [0.1, 0.15) is 22.7 Å². The third-order valence-corrected chi connectivity index (χ3v) is 4.10. The molecule has 0 atom stereocenters. The molecule has 25 heavy (non-hydrogen) atoms. The first kappa shape index (κ1) is 17.2. The molecule has 0 aliphatic rings. The van der Waals surface area contributed by atoms with Crippen LogP contribution in [0.5, 0.6) is 0 Å². The van der Waals surface area contributed by atoms with E-state index in [0.29, 0.717) is 15.3 Å².